The maximum atomic E-state index is 13.9. The van der Waals surface area contributed by atoms with Gasteiger partial charge in [0.2, 0.25) is 0 Å². The Morgan fingerprint density at radius 3 is 2.16 bits per heavy atom. The van der Waals surface area contributed by atoms with Gasteiger partial charge in [-0.15, -0.1) is 23.1 Å². The number of allylic oxidation sites excluding steroid dienone is 3. The van der Waals surface area contributed by atoms with Crippen LogP contribution in [0, 0.1) is 0 Å². The zero-order chi connectivity index (χ0) is 40.5. The number of aromatic nitrogens is 1. The number of carbonyl (C=O) groups excluding carboxylic acids is 3. The number of hydrogen-bond acceptors (Lipinski definition) is 11. The van der Waals surface area contributed by atoms with Crippen LogP contribution in [0.1, 0.15) is 27.9 Å². The second kappa shape index (κ2) is 18.2. The molecule has 5 aromatic rings. The molecule has 0 radical (unpaired) electrons. The lowest BCUT2D eigenvalue weighted by atomic mass is 9.77. The molecule has 58 heavy (non-hydrogen) atoms. The zero-order valence-corrected chi connectivity index (χ0v) is 32.9. The molecule has 3 heterocycles. The van der Waals surface area contributed by atoms with E-state index in [-0.39, 0.29) is 23.7 Å². The lowest BCUT2D eigenvalue weighted by Crippen LogP contribution is -2.71. The fraction of sp³-hybridized carbons (Fsp3) is 0.159. The maximum absolute atomic E-state index is 13.9. The highest BCUT2D eigenvalue weighted by Crippen LogP contribution is 2.42. The second-order valence-electron chi connectivity index (χ2n) is 12.9. The monoisotopic (exact) mass is 815 g/mol. The number of rotatable bonds is 16. The minimum absolute atomic E-state index is 0.0349. The molecule has 7 rings (SSSR count). The molecule has 2 amide bonds. The van der Waals surface area contributed by atoms with Crippen LogP contribution in [0.2, 0.25) is 0 Å². The normalized spacial score (nSPS) is 16.6. The lowest BCUT2D eigenvalue weighted by Gasteiger charge is -2.49. The summed E-state index contributed by atoms with van der Waals surface area (Å²) in [6.45, 7) is 2.38. The van der Waals surface area contributed by atoms with Crippen molar-refractivity contribution in [3.05, 3.63) is 185 Å². The number of methoxy groups -OCH3 is 1. The van der Waals surface area contributed by atoms with Gasteiger partial charge in [0.05, 0.1) is 7.11 Å². The van der Waals surface area contributed by atoms with Crippen LogP contribution in [-0.2, 0) is 36.1 Å². The smallest absolute Gasteiger partial charge is 0.355 e. The van der Waals surface area contributed by atoms with Gasteiger partial charge < -0.3 is 24.9 Å². The van der Waals surface area contributed by atoms with Crippen molar-refractivity contribution in [2.24, 2.45) is 5.16 Å². The molecule has 0 spiro atoms. The van der Waals surface area contributed by atoms with E-state index in [1.165, 1.54) is 28.0 Å². The van der Waals surface area contributed by atoms with Gasteiger partial charge in [-0.25, -0.2) is 14.2 Å². The summed E-state index contributed by atoms with van der Waals surface area (Å²) in [6.07, 6.45) is 4.94. The molecule has 2 atom stereocenters. The second-order valence-corrected chi connectivity index (χ2v) is 14.9. The number of thioether (sulfide) groups is 1. The van der Waals surface area contributed by atoms with Crippen molar-refractivity contribution in [2.45, 2.75) is 23.6 Å². The van der Waals surface area contributed by atoms with E-state index in [2.05, 4.69) is 22.4 Å². The first kappa shape index (κ1) is 39.7. The van der Waals surface area contributed by atoms with Gasteiger partial charge in [-0.05, 0) is 40.0 Å². The van der Waals surface area contributed by atoms with Crippen LogP contribution in [0.4, 0.5) is 9.52 Å². The molecule has 0 bridgehead atoms. The Balaban J connectivity index is 1.13. The summed E-state index contributed by atoms with van der Waals surface area (Å²) >= 11 is 2.59. The number of hydrogen-bond donors (Lipinski definition) is 2. The summed E-state index contributed by atoms with van der Waals surface area (Å²) in [6, 6.07) is 35.8. The Bertz CT molecular complexity index is 2260. The standard InChI is InChI=1S/C44H38FN5O6S2/c1-3-4-14-30-26-57-41-37(40(52)50(41)38(30)42(53)55-25-29-21-23-34(54-2)24-22-29)47-39(51)36(49-56-28-45)35-27-58-43(46-35)48-44(31-15-8-5-9-16-31,32-17-10-6-11-18-32)33-19-12-7-13-20-33/h3-24,27,37,41H,1,25-26,28H2,2H3,(H,46,48)(H,47,51)/b14-4+,49-36-/t37-,41-/m1/s1. The minimum Gasteiger partial charge on any atom is -0.497 e. The Hall–Kier alpha value is -6.51. The Labute approximate surface area is 342 Å². The number of oxime groups is 1. The molecule has 2 N–H and O–H groups in total. The summed E-state index contributed by atoms with van der Waals surface area (Å²) in [7, 11) is 1.56. The van der Waals surface area contributed by atoms with Crippen LogP contribution in [0.15, 0.2) is 162 Å². The first-order valence-corrected chi connectivity index (χ1v) is 20.0. The maximum Gasteiger partial charge on any atom is 0.355 e. The van der Waals surface area contributed by atoms with Crippen molar-refractivity contribution in [3.63, 3.8) is 0 Å². The SMILES string of the molecule is C=C/C=C/C1=C(C(=O)OCc2ccc(OC)cc2)N2C(=O)[C@@H](NC(=O)/C(=N\OCF)c3csc(NC(c4ccccc4)(c4ccccc4)c4ccccc4)n3)[C@H]2SC1. The van der Waals surface area contributed by atoms with Crippen molar-refractivity contribution in [1.82, 2.24) is 15.2 Å². The number of amides is 2. The molecular formula is C44H38FN5O6S2. The topological polar surface area (TPSA) is 131 Å². The van der Waals surface area contributed by atoms with E-state index in [0.717, 1.165) is 22.3 Å². The van der Waals surface area contributed by atoms with Crippen molar-refractivity contribution < 1.29 is 33.1 Å². The molecule has 0 unspecified atom stereocenters. The predicted molar refractivity (Wildman–Crippen MR) is 223 cm³/mol. The molecule has 1 saturated heterocycles. The van der Waals surface area contributed by atoms with Gasteiger partial charge in [0.25, 0.3) is 18.7 Å². The Morgan fingerprint density at radius 2 is 1.59 bits per heavy atom. The van der Waals surface area contributed by atoms with Gasteiger partial charge in [0.15, 0.2) is 10.8 Å². The number of β-lactam (4-membered cyclic amide) rings is 1. The molecule has 1 aromatic heterocycles. The molecule has 0 aliphatic carbocycles. The molecule has 4 aromatic carbocycles. The zero-order valence-electron chi connectivity index (χ0n) is 31.2. The fourth-order valence-corrected chi connectivity index (χ4v) is 8.84. The van der Waals surface area contributed by atoms with Crippen molar-refractivity contribution in [1.29, 1.82) is 0 Å². The van der Waals surface area contributed by atoms with Gasteiger partial charge in [0.1, 0.15) is 40.7 Å². The average molecular weight is 816 g/mol. The van der Waals surface area contributed by atoms with E-state index in [1.807, 2.05) is 91.0 Å². The molecule has 2 aliphatic heterocycles. The van der Waals surface area contributed by atoms with Crippen LogP contribution < -0.4 is 15.4 Å². The van der Waals surface area contributed by atoms with Gasteiger partial charge in [-0.2, -0.15) is 0 Å². The van der Waals surface area contributed by atoms with Gasteiger partial charge in [-0.3, -0.25) is 14.5 Å². The molecule has 14 heteroatoms. The molecule has 11 nitrogen and oxygen atoms in total. The highest BCUT2D eigenvalue weighted by atomic mass is 32.2. The summed E-state index contributed by atoms with van der Waals surface area (Å²) in [5.41, 5.74) is 3.06. The third-order valence-corrected chi connectivity index (χ3v) is 11.6. The largest absolute Gasteiger partial charge is 0.497 e. The number of anilines is 1. The lowest BCUT2D eigenvalue weighted by molar-refractivity contribution is -0.153. The number of halogens is 1. The fourth-order valence-electron chi connectivity index (χ4n) is 6.77. The number of fused-ring (bicyclic) bond motifs is 1. The van der Waals surface area contributed by atoms with E-state index in [0.29, 0.717) is 22.2 Å². The van der Waals surface area contributed by atoms with Crippen LogP contribution >= 0.6 is 23.1 Å². The summed E-state index contributed by atoms with van der Waals surface area (Å²) < 4.78 is 24.2. The van der Waals surface area contributed by atoms with Gasteiger partial charge >= 0.3 is 5.97 Å². The molecule has 2 aliphatic rings. The summed E-state index contributed by atoms with van der Waals surface area (Å²) in [5, 5.41) is 11.6. The van der Waals surface area contributed by atoms with Crippen LogP contribution in [-0.4, -0.2) is 64.5 Å². The number of ether oxygens (including phenoxy) is 2. The predicted octanol–water partition coefficient (Wildman–Crippen LogP) is 7.34. The quantitative estimate of drug-likeness (QED) is 0.0262. The van der Waals surface area contributed by atoms with Gasteiger partial charge in [-0.1, -0.05) is 133 Å². The number of alkyl halides is 1. The van der Waals surface area contributed by atoms with E-state index < -0.39 is 41.6 Å². The van der Waals surface area contributed by atoms with E-state index in [9.17, 15) is 18.8 Å². The number of thiazole rings is 1. The number of carbonyl (C=O) groups is 3. The third-order valence-electron chi connectivity index (χ3n) is 9.52. The minimum atomic E-state index is -1.30. The van der Waals surface area contributed by atoms with Crippen molar-refractivity contribution in [3.8, 4) is 5.75 Å². The van der Waals surface area contributed by atoms with E-state index >= 15 is 0 Å². The van der Waals surface area contributed by atoms with E-state index in [4.69, 9.17) is 19.3 Å². The Kier molecular flexibility index (Phi) is 12.4. The van der Waals surface area contributed by atoms with Crippen molar-refractivity contribution >= 4 is 51.7 Å². The highest BCUT2D eigenvalue weighted by molar-refractivity contribution is 8.00. The molecular weight excluding hydrogens is 778 g/mol. The van der Waals surface area contributed by atoms with Crippen LogP contribution in [0.3, 0.4) is 0 Å². The number of esters is 1. The first-order chi connectivity index (χ1) is 28.4. The number of benzene rings is 4. The van der Waals surface area contributed by atoms with E-state index in [1.54, 1.807) is 55.0 Å². The number of nitrogens with zero attached hydrogens (tertiary/aromatic N) is 3. The molecule has 1 fully saturated rings. The first-order valence-electron chi connectivity index (χ1n) is 18.1. The molecule has 294 valence electrons. The highest BCUT2D eigenvalue weighted by Gasteiger charge is 2.54. The summed E-state index contributed by atoms with van der Waals surface area (Å²) in [5.74, 6) is -1.03. The van der Waals surface area contributed by atoms with Crippen LogP contribution in [0.5, 0.6) is 5.75 Å². The van der Waals surface area contributed by atoms with Crippen LogP contribution in [0.25, 0.3) is 0 Å². The third kappa shape index (κ3) is 8.15. The molecule has 0 saturated carbocycles. The average Bonchev–Trinajstić information content (AvgIpc) is 3.74. The summed E-state index contributed by atoms with van der Waals surface area (Å²) in [4.78, 5) is 52.1. The van der Waals surface area contributed by atoms with Gasteiger partial charge in [0, 0.05) is 11.1 Å². The Morgan fingerprint density at radius 1 is 0.966 bits per heavy atom. The van der Waals surface area contributed by atoms with Crippen molar-refractivity contribution in [2.75, 3.05) is 25.0 Å². The number of nitrogens with one attached hydrogen (secondary N) is 2.